The molecule has 0 bridgehead atoms. The van der Waals surface area contributed by atoms with Crippen molar-refractivity contribution in [2.24, 2.45) is 10.9 Å². The molecule has 7 nitrogen and oxygen atoms in total. The predicted octanol–water partition coefficient (Wildman–Crippen LogP) is 0.603. The summed E-state index contributed by atoms with van der Waals surface area (Å²) in [5.41, 5.74) is 6.81. The van der Waals surface area contributed by atoms with E-state index in [2.05, 4.69) is 20.1 Å². The molecule has 0 fully saturated rings. The largest absolute Gasteiger partial charge is 0.409 e. The molecule has 0 aliphatic rings. The molecule has 3 N–H and O–H groups in total. The molecule has 0 radical (unpaired) electrons. The highest BCUT2D eigenvalue weighted by Gasteiger charge is 2.14. The lowest BCUT2D eigenvalue weighted by molar-refractivity contribution is 0.318. The van der Waals surface area contributed by atoms with E-state index in [1.54, 1.807) is 12.4 Å². The van der Waals surface area contributed by atoms with Crippen LogP contribution in [-0.4, -0.2) is 33.0 Å². The van der Waals surface area contributed by atoms with Gasteiger partial charge in [-0.25, -0.2) is 9.97 Å². The second-order valence-electron chi connectivity index (χ2n) is 3.89. The van der Waals surface area contributed by atoms with Gasteiger partial charge in [0.25, 0.3) is 0 Å². The predicted molar refractivity (Wildman–Crippen MR) is 70.9 cm³/mol. The second-order valence-corrected chi connectivity index (χ2v) is 3.89. The van der Waals surface area contributed by atoms with Gasteiger partial charge in [0, 0.05) is 25.6 Å². The summed E-state index contributed by atoms with van der Waals surface area (Å²) in [5.74, 6) is 0.458. The average molecular weight is 258 g/mol. The van der Waals surface area contributed by atoms with Crippen LogP contribution in [0.25, 0.3) is 0 Å². The van der Waals surface area contributed by atoms with Crippen LogP contribution in [0.2, 0.25) is 0 Å². The van der Waals surface area contributed by atoms with Gasteiger partial charge in [0.05, 0.1) is 12.2 Å². The first-order chi connectivity index (χ1) is 9.22. The lowest BCUT2D eigenvalue weighted by atomic mass is 10.3. The molecule has 0 amide bonds. The number of rotatable bonds is 4. The third-order valence-electron chi connectivity index (χ3n) is 2.52. The Morgan fingerprint density at radius 3 is 2.74 bits per heavy atom. The topological polar surface area (TPSA) is 101 Å². The summed E-state index contributed by atoms with van der Waals surface area (Å²) in [6.45, 7) is 0.547. The van der Waals surface area contributed by atoms with Crippen LogP contribution >= 0.6 is 0 Å². The van der Waals surface area contributed by atoms with E-state index in [1.807, 2.05) is 30.1 Å². The van der Waals surface area contributed by atoms with E-state index >= 15 is 0 Å². The van der Waals surface area contributed by atoms with Crippen LogP contribution in [0.3, 0.4) is 0 Å². The minimum atomic E-state index is -0.0732. The number of amidine groups is 1. The van der Waals surface area contributed by atoms with Crippen molar-refractivity contribution in [1.29, 1.82) is 0 Å². The summed E-state index contributed by atoms with van der Waals surface area (Å²) in [7, 11) is 1.84. The Morgan fingerprint density at radius 1 is 1.26 bits per heavy atom. The Hall–Kier alpha value is -2.70. The number of aromatic nitrogens is 3. The molecule has 2 aromatic heterocycles. The summed E-state index contributed by atoms with van der Waals surface area (Å²) in [4.78, 5) is 14.4. The molecule has 2 heterocycles. The first kappa shape index (κ1) is 12.7. The van der Waals surface area contributed by atoms with Crippen LogP contribution in [0, 0.1) is 0 Å². The maximum Gasteiger partial charge on any atom is 0.192 e. The minimum absolute atomic E-state index is 0.0732. The maximum absolute atomic E-state index is 8.75. The third-order valence-corrected chi connectivity index (χ3v) is 2.52. The van der Waals surface area contributed by atoms with Crippen molar-refractivity contribution in [3.63, 3.8) is 0 Å². The van der Waals surface area contributed by atoms with Gasteiger partial charge in [0.15, 0.2) is 17.3 Å². The zero-order chi connectivity index (χ0) is 13.7. The molecular weight excluding hydrogens is 244 g/mol. The SMILES string of the molecule is CN(Cc1ccccn1)c1nccnc1C(N)=NO. The van der Waals surface area contributed by atoms with Crippen molar-refractivity contribution < 1.29 is 5.21 Å². The van der Waals surface area contributed by atoms with Gasteiger partial charge < -0.3 is 15.8 Å². The van der Waals surface area contributed by atoms with Crippen LogP contribution in [0.5, 0.6) is 0 Å². The fourth-order valence-electron chi connectivity index (χ4n) is 1.65. The third kappa shape index (κ3) is 2.95. The normalized spacial score (nSPS) is 11.3. The van der Waals surface area contributed by atoms with Crippen molar-refractivity contribution in [2.45, 2.75) is 6.54 Å². The van der Waals surface area contributed by atoms with Gasteiger partial charge >= 0.3 is 0 Å². The van der Waals surface area contributed by atoms with E-state index in [-0.39, 0.29) is 5.84 Å². The van der Waals surface area contributed by atoms with E-state index in [4.69, 9.17) is 10.9 Å². The zero-order valence-corrected chi connectivity index (χ0v) is 10.4. The molecule has 2 aromatic rings. The molecule has 0 unspecified atom stereocenters. The molecule has 0 spiro atoms. The van der Waals surface area contributed by atoms with Crippen LogP contribution in [0.15, 0.2) is 41.9 Å². The first-order valence-electron chi connectivity index (χ1n) is 5.62. The van der Waals surface area contributed by atoms with Gasteiger partial charge in [0.1, 0.15) is 0 Å². The van der Waals surface area contributed by atoms with E-state index in [0.717, 1.165) is 5.69 Å². The number of nitrogens with zero attached hydrogens (tertiary/aromatic N) is 5. The fourth-order valence-corrected chi connectivity index (χ4v) is 1.65. The molecule has 0 aliphatic heterocycles. The zero-order valence-electron chi connectivity index (χ0n) is 10.4. The number of oxime groups is 1. The van der Waals surface area contributed by atoms with E-state index < -0.39 is 0 Å². The van der Waals surface area contributed by atoms with Crippen molar-refractivity contribution >= 4 is 11.7 Å². The number of nitrogens with two attached hydrogens (primary N) is 1. The molecule has 0 saturated carbocycles. The first-order valence-corrected chi connectivity index (χ1v) is 5.62. The lowest BCUT2D eigenvalue weighted by Gasteiger charge is -2.19. The molecule has 0 atom stereocenters. The number of anilines is 1. The summed E-state index contributed by atoms with van der Waals surface area (Å²) in [6.07, 6.45) is 4.77. The lowest BCUT2D eigenvalue weighted by Crippen LogP contribution is -2.25. The van der Waals surface area contributed by atoms with Crippen molar-refractivity contribution in [3.05, 3.63) is 48.2 Å². The van der Waals surface area contributed by atoms with Gasteiger partial charge in [0.2, 0.25) is 0 Å². The summed E-state index contributed by atoms with van der Waals surface area (Å²) >= 11 is 0. The standard InChI is InChI=1S/C12H14N6O/c1-18(8-9-4-2-3-5-14-9)12-10(11(13)17-19)15-6-7-16-12/h2-7,19H,8H2,1H3,(H2,13,17). The summed E-state index contributed by atoms with van der Waals surface area (Å²) < 4.78 is 0. The Morgan fingerprint density at radius 2 is 2.05 bits per heavy atom. The molecule has 19 heavy (non-hydrogen) atoms. The molecule has 0 aliphatic carbocycles. The molecule has 0 saturated heterocycles. The van der Waals surface area contributed by atoms with Gasteiger partial charge in [-0.3, -0.25) is 4.98 Å². The maximum atomic E-state index is 8.75. The monoisotopic (exact) mass is 258 g/mol. The molecule has 0 aromatic carbocycles. The summed E-state index contributed by atoms with van der Waals surface area (Å²) in [5, 5.41) is 11.7. The van der Waals surface area contributed by atoms with Gasteiger partial charge in [-0.15, -0.1) is 0 Å². The average Bonchev–Trinajstić information content (AvgIpc) is 2.47. The molecular formula is C12H14N6O. The van der Waals surface area contributed by atoms with Crippen LogP contribution in [0.1, 0.15) is 11.4 Å². The fraction of sp³-hybridized carbons (Fsp3) is 0.167. The van der Waals surface area contributed by atoms with E-state index in [9.17, 15) is 0 Å². The van der Waals surface area contributed by atoms with Crippen LogP contribution in [0.4, 0.5) is 5.82 Å². The molecule has 7 heteroatoms. The van der Waals surface area contributed by atoms with Crippen LogP contribution < -0.4 is 10.6 Å². The Kier molecular flexibility index (Phi) is 3.87. The number of hydrogen-bond donors (Lipinski definition) is 2. The number of pyridine rings is 1. The highest BCUT2D eigenvalue weighted by Crippen LogP contribution is 2.15. The smallest absolute Gasteiger partial charge is 0.192 e. The highest BCUT2D eigenvalue weighted by molar-refractivity contribution is 5.99. The second kappa shape index (κ2) is 5.76. The highest BCUT2D eigenvalue weighted by atomic mass is 16.4. The van der Waals surface area contributed by atoms with Gasteiger partial charge in [-0.2, -0.15) is 0 Å². The van der Waals surface area contributed by atoms with E-state index in [1.165, 1.54) is 6.20 Å². The van der Waals surface area contributed by atoms with Crippen LogP contribution in [-0.2, 0) is 6.54 Å². The number of hydrogen-bond acceptors (Lipinski definition) is 6. The van der Waals surface area contributed by atoms with Crippen molar-refractivity contribution in [1.82, 2.24) is 15.0 Å². The Balaban J connectivity index is 2.27. The van der Waals surface area contributed by atoms with Gasteiger partial charge in [-0.05, 0) is 12.1 Å². The van der Waals surface area contributed by atoms with Crippen molar-refractivity contribution in [2.75, 3.05) is 11.9 Å². The minimum Gasteiger partial charge on any atom is -0.409 e. The quantitative estimate of drug-likeness (QED) is 0.360. The Labute approximate surface area is 110 Å². The molecule has 2 rings (SSSR count). The van der Waals surface area contributed by atoms with Gasteiger partial charge in [-0.1, -0.05) is 11.2 Å². The summed E-state index contributed by atoms with van der Waals surface area (Å²) in [6, 6.07) is 5.68. The van der Waals surface area contributed by atoms with Crippen molar-refractivity contribution in [3.8, 4) is 0 Å². The van der Waals surface area contributed by atoms with E-state index in [0.29, 0.717) is 18.1 Å². The Bertz CT molecular complexity index is 571. The molecule has 98 valence electrons.